The second-order valence-electron chi connectivity index (χ2n) is 8.65. The number of carbonyl (C=O) groups excluding carboxylic acids is 1. The molecule has 1 aromatic heterocycles. The highest BCUT2D eigenvalue weighted by atomic mass is 19.1. The van der Waals surface area contributed by atoms with Crippen molar-refractivity contribution in [2.45, 2.75) is 44.6 Å². The van der Waals surface area contributed by atoms with Crippen molar-refractivity contribution in [2.75, 3.05) is 27.2 Å². The van der Waals surface area contributed by atoms with Crippen molar-refractivity contribution in [1.29, 1.82) is 0 Å². The maximum atomic E-state index is 13.7. The first-order valence-corrected chi connectivity index (χ1v) is 9.91. The van der Waals surface area contributed by atoms with Crippen molar-refractivity contribution in [3.05, 3.63) is 53.1 Å². The van der Waals surface area contributed by atoms with Crippen LogP contribution >= 0.6 is 0 Å². The number of carbonyl (C=O) groups is 1. The van der Waals surface area contributed by atoms with E-state index in [1.165, 1.54) is 17.8 Å². The number of nitrogens with zero attached hydrogens (tertiary/aromatic N) is 4. The normalized spacial score (nSPS) is 18.0. The van der Waals surface area contributed by atoms with E-state index in [4.69, 9.17) is 5.10 Å². The van der Waals surface area contributed by atoms with Crippen LogP contribution in [0.3, 0.4) is 0 Å². The monoisotopic (exact) mass is 386 g/mol. The number of rotatable bonds is 5. The summed E-state index contributed by atoms with van der Waals surface area (Å²) in [6.07, 6.45) is 1.98. The molecule has 0 spiro atoms. The summed E-state index contributed by atoms with van der Waals surface area (Å²) in [4.78, 5) is 17.4. The molecule has 1 fully saturated rings. The molecular weight excluding hydrogens is 355 g/mol. The van der Waals surface area contributed by atoms with Gasteiger partial charge in [-0.2, -0.15) is 5.10 Å². The van der Waals surface area contributed by atoms with Crippen molar-refractivity contribution >= 4 is 5.91 Å². The van der Waals surface area contributed by atoms with E-state index in [2.05, 4.69) is 11.0 Å². The van der Waals surface area contributed by atoms with Crippen molar-refractivity contribution in [3.63, 3.8) is 0 Å². The Kier molecular flexibility index (Phi) is 5.89. The van der Waals surface area contributed by atoms with Gasteiger partial charge in [0.2, 0.25) is 5.91 Å². The summed E-state index contributed by atoms with van der Waals surface area (Å²) in [7, 11) is 6.06. The Hall–Kier alpha value is -2.21. The number of amides is 1. The molecule has 1 aromatic carbocycles. The third kappa shape index (κ3) is 4.27. The van der Waals surface area contributed by atoms with Gasteiger partial charge in [-0.15, -0.1) is 0 Å². The Balaban J connectivity index is 1.76. The second-order valence-corrected chi connectivity index (χ2v) is 8.65. The van der Waals surface area contributed by atoms with E-state index >= 15 is 0 Å². The van der Waals surface area contributed by atoms with Crippen LogP contribution in [0.4, 0.5) is 4.39 Å². The van der Waals surface area contributed by atoms with Gasteiger partial charge >= 0.3 is 0 Å². The van der Waals surface area contributed by atoms with Crippen molar-refractivity contribution in [2.24, 2.45) is 7.05 Å². The summed E-state index contributed by atoms with van der Waals surface area (Å²) >= 11 is 0. The third-order valence-corrected chi connectivity index (χ3v) is 5.68. The lowest BCUT2D eigenvalue weighted by Gasteiger charge is -2.37. The Morgan fingerprint density at radius 1 is 1.32 bits per heavy atom. The number of benzene rings is 1. The molecule has 0 bridgehead atoms. The highest BCUT2D eigenvalue weighted by Crippen LogP contribution is 2.32. The van der Waals surface area contributed by atoms with Crippen LogP contribution < -0.4 is 0 Å². The average Bonchev–Trinajstić information content (AvgIpc) is 3.01. The molecule has 1 saturated heterocycles. The van der Waals surface area contributed by atoms with Crippen LogP contribution in [0.15, 0.2) is 30.3 Å². The van der Waals surface area contributed by atoms with Crippen LogP contribution in [0.1, 0.15) is 49.6 Å². The molecule has 3 rings (SSSR count). The second kappa shape index (κ2) is 8.03. The van der Waals surface area contributed by atoms with Gasteiger partial charge < -0.3 is 9.80 Å². The van der Waals surface area contributed by atoms with Gasteiger partial charge in [-0.3, -0.25) is 9.48 Å². The van der Waals surface area contributed by atoms with Gasteiger partial charge in [-0.05, 0) is 64.5 Å². The lowest BCUT2D eigenvalue weighted by Crippen LogP contribution is -2.47. The van der Waals surface area contributed by atoms with E-state index in [0.29, 0.717) is 12.1 Å². The van der Waals surface area contributed by atoms with Crippen LogP contribution in [0.5, 0.6) is 0 Å². The molecule has 152 valence electrons. The number of aryl methyl sites for hydroxylation is 1. The molecule has 0 saturated carbocycles. The topological polar surface area (TPSA) is 41.4 Å². The Morgan fingerprint density at radius 3 is 2.75 bits per heavy atom. The lowest BCUT2D eigenvalue weighted by atomic mass is 9.82. The van der Waals surface area contributed by atoms with E-state index < -0.39 is 5.41 Å². The molecule has 2 aromatic rings. The van der Waals surface area contributed by atoms with Gasteiger partial charge in [0.1, 0.15) is 5.82 Å². The van der Waals surface area contributed by atoms with Crippen LogP contribution in [0.25, 0.3) is 0 Å². The minimum Gasteiger partial charge on any atom is -0.341 e. The highest BCUT2D eigenvalue weighted by Gasteiger charge is 2.36. The van der Waals surface area contributed by atoms with Crippen molar-refractivity contribution in [3.8, 4) is 0 Å². The number of hydrogen-bond acceptors (Lipinski definition) is 3. The van der Waals surface area contributed by atoms with E-state index in [0.717, 1.165) is 31.6 Å². The zero-order valence-electron chi connectivity index (χ0n) is 17.6. The van der Waals surface area contributed by atoms with Crippen molar-refractivity contribution < 1.29 is 9.18 Å². The largest absolute Gasteiger partial charge is 0.341 e. The molecule has 1 amide bonds. The smallest absolute Gasteiger partial charge is 0.232 e. The summed E-state index contributed by atoms with van der Waals surface area (Å²) in [5.74, 6) is -0.0211. The zero-order chi connectivity index (χ0) is 20.5. The highest BCUT2D eigenvalue weighted by molar-refractivity contribution is 5.87. The van der Waals surface area contributed by atoms with Crippen LogP contribution in [-0.4, -0.2) is 52.7 Å². The van der Waals surface area contributed by atoms with Crippen LogP contribution in [0, 0.1) is 5.82 Å². The summed E-state index contributed by atoms with van der Waals surface area (Å²) in [5, 5.41) is 4.72. The minimum atomic E-state index is -0.760. The maximum Gasteiger partial charge on any atom is 0.232 e. The molecule has 0 N–H and O–H groups in total. The number of hydrogen-bond donors (Lipinski definition) is 0. The van der Waals surface area contributed by atoms with E-state index in [-0.39, 0.29) is 17.6 Å². The molecule has 1 aliphatic rings. The predicted molar refractivity (Wildman–Crippen MR) is 109 cm³/mol. The summed E-state index contributed by atoms with van der Waals surface area (Å²) in [6.45, 7) is 6.00. The van der Waals surface area contributed by atoms with E-state index in [1.54, 1.807) is 6.07 Å². The number of halogens is 1. The summed E-state index contributed by atoms with van der Waals surface area (Å²) < 4.78 is 15.6. The molecule has 0 aliphatic carbocycles. The van der Waals surface area contributed by atoms with E-state index in [1.807, 2.05) is 50.6 Å². The first-order chi connectivity index (χ1) is 13.2. The standard InChI is InChI=1S/C22H31FN4O/c1-22(2,17-9-6-10-18(23)12-17)21(28)27-11-7-8-16(14-27)20-13-19(15-25(3)4)26(5)24-20/h6,9-10,12-13,16H,7-8,11,14-15H2,1-5H3/t16-/m1/s1. The molecule has 5 nitrogen and oxygen atoms in total. The Morgan fingerprint density at radius 2 is 2.07 bits per heavy atom. The number of piperidine rings is 1. The maximum absolute atomic E-state index is 13.7. The zero-order valence-corrected chi connectivity index (χ0v) is 17.6. The lowest BCUT2D eigenvalue weighted by molar-refractivity contribution is -0.137. The molecular formula is C22H31FN4O. The molecule has 1 atom stereocenters. The van der Waals surface area contributed by atoms with Gasteiger partial charge in [0, 0.05) is 32.6 Å². The predicted octanol–water partition coefficient (Wildman–Crippen LogP) is 3.30. The molecule has 28 heavy (non-hydrogen) atoms. The van der Waals surface area contributed by atoms with Crippen molar-refractivity contribution in [1.82, 2.24) is 19.6 Å². The SMILES string of the molecule is CN(C)Cc1cc([C@@H]2CCCN(C(=O)C(C)(C)c3cccc(F)c3)C2)nn1C. The Bertz CT molecular complexity index is 843. The molecule has 1 aliphatic heterocycles. The van der Waals surface area contributed by atoms with Gasteiger partial charge in [-0.25, -0.2) is 4.39 Å². The fourth-order valence-corrected chi connectivity index (χ4v) is 4.00. The molecule has 6 heteroatoms. The Labute approximate surface area is 167 Å². The average molecular weight is 387 g/mol. The van der Waals surface area contributed by atoms with Crippen LogP contribution in [-0.2, 0) is 23.8 Å². The fraction of sp³-hybridized carbons (Fsp3) is 0.545. The summed E-state index contributed by atoms with van der Waals surface area (Å²) in [5.41, 5.74) is 2.18. The van der Waals surface area contributed by atoms with E-state index in [9.17, 15) is 9.18 Å². The molecule has 0 radical (unpaired) electrons. The quantitative estimate of drug-likeness (QED) is 0.792. The number of aromatic nitrogens is 2. The third-order valence-electron chi connectivity index (χ3n) is 5.68. The number of likely N-dealkylation sites (tertiary alicyclic amines) is 1. The fourth-order valence-electron chi connectivity index (χ4n) is 4.00. The molecule has 2 heterocycles. The summed E-state index contributed by atoms with van der Waals surface area (Å²) in [6, 6.07) is 8.53. The van der Waals surface area contributed by atoms with Gasteiger partial charge in [0.15, 0.2) is 0 Å². The molecule has 0 unspecified atom stereocenters. The first kappa shape index (κ1) is 20.5. The van der Waals surface area contributed by atoms with Crippen LogP contribution in [0.2, 0.25) is 0 Å². The van der Waals surface area contributed by atoms with Gasteiger partial charge in [0.25, 0.3) is 0 Å². The first-order valence-electron chi connectivity index (χ1n) is 9.91. The van der Waals surface area contributed by atoms with Gasteiger partial charge in [0.05, 0.1) is 16.8 Å². The minimum absolute atomic E-state index is 0.0484. The van der Waals surface area contributed by atoms with Gasteiger partial charge in [-0.1, -0.05) is 12.1 Å².